The number of nitrogens with zero attached hydrogens (tertiary/aromatic N) is 2. The van der Waals surface area contributed by atoms with E-state index in [9.17, 15) is 12.8 Å². The van der Waals surface area contributed by atoms with Crippen LogP contribution < -0.4 is 9.62 Å². The molecule has 0 aromatic heterocycles. The zero-order chi connectivity index (χ0) is 18.7. The first kappa shape index (κ1) is 18.7. The van der Waals surface area contributed by atoms with E-state index in [-0.39, 0.29) is 4.90 Å². The fourth-order valence-corrected chi connectivity index (χ4v) is 4.12. The van der Waals surface area contributed by atoms with Gasteiger partial charge in [-0.3, -0.25) is 9.62 Å². The number of nitrogens with one attached hydrogen (secondary N) is 1. The van der Waals surface area contributed by atoms with Crippen LogP contribution in [0.15, 0.2) is 53.4 Å². The fourth-order valence-electron chi connectivity index (χ4n) is 3.06. The van der Waals surface area contributed by atoms with Crippen molar-refractivity contribution in [3.05, 3.63) is 54.3 Å². The predicted molar refractivity (Wildman–Crippen MR) is 103 cm³/mol. The molecule has 140 valence electrons. The van der Waals surface area contributed by atoms with Gasteiger partial charge in [-0.15, -0.1) is 0 Å². The van der Waals surface area contributed by atoms with E-state index in [1.807, 2.05) is 12.1 Å². The molecule has 0 spiro atoms. The average molecular weight is 377 g/mol. The normalized spacial score (nSPS) is 16.1. The molecule has 3 rings (SSSR count). The van der Waals surface area contributed by atoms with Crippen LogP contribution in [0, 0.1) is 5.82 Å². The van der Waals surface area contributed by atoms with Gasteiger partial charge in [0.15, 0.2) is 0 Å². The molecule has 0 bridgehead atoms. The molecular formula is C19H24FN3O2S. The SMILES string of the molecule is CC(C)N1CCN(c2ccc(NS(=O)(=O)c3ccc(F)cc3)cc2)CC1. The van der Waals surface area contributed by atoms with E-state index in [1.54, 1.807) is 12.1 Å². The van der Waals surface area contributed by atoms with E-state index < -0.39 is 15.8 Å². The van der Waals surface area contributed by atoms with E-state index in [0.29, 0.717) is 11.7 Å². The van der Waals surface area contributed by atoms with Crippen molar-refractivity contribution in [1.29, 1.82) is 0 Å². The molecule has 1 aliphatic heterocycles. The zero-order valence-electron chi connectivity index (χ0n) is 15.0. The molecule has 0 unspecified atom stereocenters. The second-order valence-corrected chi connectivity index (χ2v) is 8.41. The van der Waals surface area contributed by atoms with Crippen molar-refractivity contribution in [3.63, 3.8) is 0 Å². The lowest BCUT2D eigenvalue weighted by atomic mass is 10.2. The van der Waals surface area contributed by atoms with Gasteiger partial charge in [-0.05, 0) is 62.4 Å². The second-order valence-electron chi connectivity index (χ2n) is 6.72. The third-order valence-electron chi connectivity index (χ3n) is 4.65. The largest absolute Gasteiger partial charge is 0.369 e. The fraction of sp³-hybridized carbons (Fsp3) is 0.368. The molecule has 1 saturated heterocycles. The summed E-state index contributed by atoms with van der Waals surface area (Å²) in [6.45, 7) is 8.38. The van der Waals surface area contributed by atoms with E-state index >= 15 is 0 Å². The highest BCUT2D eigenvalue weighted by Gasteiger charge is 2.19. The minimum atomic E-state index is -3.72. The Morgan fingerprint density at radius 2 is 1.50 bits per heavy atom. The molecule has 0 radical (unpaired) electrons. The van der Waals surface area contributed by atoms with E-state index in [1.165, 1.54) is 12.1 Å². The highest BCUT2D eigenvalue weighted by atomic mass is 32.2. The van der Waals surface area contributed by atoms with Gasteiger partial charge in [-0.2, -0.15) is 0 Å². The summed E-state index contributed by atoms with van der Waals surface area (Å²) in [5.74, 6) is -0.467. The Hall–Kier alpha value is -2.12. The number of sulfonamides is 1. The van der Waals surface area contributed by atoms with Gasteiger partial charge in [0.25, 0.3) is 10.0 Å². The van der Waals surface area contributed by atoms with Crippen LogP contribution in [0.25, 0.3) is 0 Å². The Balaban J connectivity index is 1.65. The number of hydrogen-bond acceptors (Lipinski definition) is 4. The van der Waals surface area contributed by atoms with Gasteiger partial charge in [-0.1, -0.05) is 0 Å². The second kappa shape index (κ2) is 7.63. The maximum atomic E-state index is 13.0. The average Bonchev–Trinajstić information content (AvgIpc) is 2.62. The van der Waals surface area contributed by atoms with Crippen molar-refractivity contribution in [2.24, 2.45) is 0 Å². The Bertz CT molecular complexity index is 828. The highest BCUT2D eigenvalue weighted by Crippen LogP contribution is 2.22. The predicted octanol–water partition coefficient (Wildman–Crippen LogP) is 3.16. The van der Waals surface area contributed by atoms with Crippen molar-refractivity contribution >= 4 is 21.4 Å². The molecule has 7 heteroatoms. The topological polar surface area (TPSA) is 52.6 Å². The number of halogens is 1. The Kier molecular flexibility index (Phi) is 5.48. The molecule has 1 fully saturated rings. The summed E-state index contributed by atoms with van der Waals surface area (Å²) in [5.41, 5.74) is 1.57. The molecule has 1 heterocycles. The molecule has 5 nitrogen and oxygen atoms in total. The molecule has 0 aliphatic carbocycles. The minimum Gasteiger partial charge on any atom is -0.369 e. The summed E-state index contributed by atoms with van der Waals surface area (Å²) in [5, 5.41) is 0. The monoisotopic (exact) mass is 377 g/mol. The van der Waals surface area contributed by atoms with Crippen LogP contribution in [-0.4, -0.2) is 45.5 Å². The molecule has 26 heavy (non-hydrogen) atoms. The molecule has 1 aliphatic rings. The van der Waals surface area contributed by atoms with Gasteiger partial charge >= 0.3 is 0 Å². The maximum Gasteiger partial charge on any atom is 0.261 e. The van der Waals surface area contributed by atoms with Gasteiger partial charge in [0.1, 0.15) is 5.82 Å². The summed E-state index contributed by atoms with van der Waals surface area (Å²) in [6, 6.07) is 12.7. The first-order valence-corrected chi connectivity index (χ1v) is 10.2. The van der Waals surface area contributed by atoms with E-state index in [2.05, 4.69) is 28.4 Å². The molecule has 0 amide bonds. The van der Waals surface area contributed by atoms with E-state index in [0.717, 1.165) is 44.0 Å². The van der Waals surface area contributed by atoms with Crippen molar-refractivity contribution in [1.82, 2.24) is 4.90 Å². The molecule has 2 aromatic carbocycles. The summed E-state index contributed by atoms with van der Waals surface area (Å²) >= 11 is 0. The zero-order valence-corrected chi connectivity index (χ0v) is 15.8. The number of benzene rings is 2. The van der Waals surface area contributed by atoms with Crippen LogP contribution in [0.4, 0.5) is 15.8 Å². The Labute approximate surface area is 154 Å². The summed E-state index contributed by atoms with van der Waals surface area (Å²) < 4.78 is 40.2. The van der Waals surface area contributed by atoms with E-state index in [4.69, 9.17) is 0 Å². The van der Waals surface area contributed by atoms with Gasteiger partial charge in [0.2, 0.25) is 0 Å². The Morgan fingerprint density at radius 3 is 2.04 bits per heavy atom. The minimum absolute atomic E-state index is 0.0350. The molecule has 1 N–H and O–H groups in total. The van der Waals surface area contributed by atoms with Crippen LogP contribution in [-0.2, 0) is 10.0 Å². The summed E-state index contributed by atoms with van der Waals surface area (Å²) in [4.78, 5) is 4.78. The van der Waals surface area contributed by atoms with Crippen LogP contribution in [0.2, 0.25) is 0 Å². The van der Waals surface area contributed by atoms with Gasteiger partial charge in [0.05, 0.1) is 4.90 Å². The smallest absolute Gasteiger partial charge is 0.261 e. The van der Waals surface area contributed by atoms with Crippen LogP contribution >= 0.6 is 0 Å². The first-order chi connectivity index (χ1) is 12.3. The van der Waals surface area contributed by atoms with Crippen LogP contribution in [0.1, 0.15) is 13.8 Å². The van der Waals surface area contributed by atoms with Crippen molar-refractivity contribution in [2.75, 3.05) is 35.8 Å². The summed E-state index contributed by atoms with van der Waals surface area (Å²) in [6.07, 6.45) is 0. The molecule has 0 atom stereocenters. The van der Waals surface area contributed by atoms with Gasteiger partial charge in [-0.25, -0.2) is 12.8 Å². The lowest BCUT2D eigenvalue weighted by molar-refractivity contribution is 0.209. The lowest BCUT2D eigenvalue weighted by Crippen LogP contribution is -2.48. The van der Waals surface area contributed by atoms with Crippen molar-refractivity contribution in [3.8, 4) is 0 Å². The van der Waals surface area contributed by atoms with Crippen LogP contribution in [0.3, 0.4) is 0 Å². The number of hydrogen-bond donors (Lipinski definition) is 1. The van der Waals surface area contributed by atoms with Crippen molar-refractivity contribution < 1.29 is 12.8 Å². The summed E-state index contributed by atoms with van der Waals surface area (Å²) in [7, 11) is -3.72. The van der Waals surface area contributed by atoms with Crippen LogP contribution in [0.5, 0.6) is 0 Å². The first-order valence-electron chi connectivity index (χ1n) is 8.72. The Morgan fingerprint density at radius 1 is 0.923 bits per heavy atom. The highest BCUT2D eigenvalue weighted by molar-refractivity contribution is 7.92. The maximum absolute atomic E-state index is 13.0. The van der Waals surface area contributed by atoms with Crippen molar-refractivity contribution in [2.45, 2.75) is 24.8 Å². The standard InChI is InChI=1S/C19H24FN3O2S/c1-15(2)22-11-13-23(14-12-22)18-7-5-17(6-8-18)21-26(24,25)19-9-3-16(20)4-10-19/h3-10,15,21H,11-14H2,1-2H3. The third-order valence-corrected chi connectivity index (χ3v) is 6.05. The third kappa shape index (κ3) is 4.34. The van der Waals surface area contributed by atoms with Gasteiger partial charge < -0.3 is 4.90 Å². The lowest BCUT2D eigenvalue weighted by Gasteiger charge is -2.38. The quantitative estimate of drug-likeness (QED) is 0.870. The molecule has 2 aromatic rings. The van der Waals surface area contributed by atoms with Gasteiger partial charge in [0, 0.05) is 43.6 Å². The molecular weight excluding hydrogens is 353 g/mol. The molecule has 0 saturated carbocycles. The number of rotatable bonds is 5. The number of piperazine rings is 1. The number of anilines is 2.